The number of carbonyl (C=O) groups excluding carboxylic acids is 1. The number of thiazole rings is 1. The first-order valence-corrected chi connectivity index (χ1v) is 14.6. The number of fused-ring (bicyclic) bond motifs is 1. The molecule has 0 aliphatic rings. The molecule has 0 unspecified atom stereocenters. The largest absolute Gasteiger partial charge is 0.309 e. The van der Waals surface area contributed by atoms with E-state index in [0.29, 0.717) is 40.4 Å². The van der Waals surface area contributed by atoms with Crippen LogP contribution in [0.1, 0.15) is 29.3 Å². The Balaban J connectivity index is 1.59. The van der Waals surface area contributed by atoms with Crippen LogP contribution in [0.5, 0.6) is 0 Å². The van der Waals surface area contributed by atoms with Crippen molar-refractivity contribution in [1.29, 1.82) is 0 Å². The van der Waals surface area contributed by atoms with Gasteiger partial charge in [-0.2, -0.15) is 4.31 Å². The Morgan fingerprint density at radius 1 is 0.974 bits per heavy atom. The van der Waals surface area contributed by atoms with E-state index in [0.717, 1.165) is 12.1 Å². The first kappa shape index (κ1) is 27.8. The van der Waals surface area contributed by atoms with Gasteiger partial charge in [-0.1, -0.05) is 48.6 Å². The van der Waals surface area contributed by atoms with Crippen LogP contribution < -0.4 is 4.90 Å². The molecule has 4 rings (SSSR count). The monoisotopic (exact) mass is 554 g/mol. The lowest BCUT2D eigenvalue weighted by molar-refractivity contribution is 0.0986. The molecule has 7 nitrogen and oxygen atoms in total. The minimum absolute atomic E-state index is 0.126. The van der Waals surface area contributed by atoms with Crippen LogP contribution in [-0.2, 0) is 16.6 Å². The molecule has 38 heavy (non-hydrogen) atoms. The molecule has 3 aromatic carbocycles. The van der Waals surface area contributed by atoms with Crippen LogP contribution in [0.25, 0.3) is 10.2 Å². The number of anilines is 1. The Bertz CT molecular complexity index is 1490. The summed E-state index contributed by atoms with van der Waals surface area (Å²) in [6.07, 6.45) is 0.709. The Hall–Kier alpha value is -3.18. The van der Waals surface area contributed by atoms with Gasteiger partial charge in [-0.25, -0.2) is 17.8 Å². The van der Waals surface area contributed by atoms with E-state index in [1.807, 2.05) is 49.3 Å². The Kier molecular flexibility index (Phi) is 8.88. The van der Waals surface area contributed by atoms with Crippen molar-refractivity contribution in [2.24, 2.45) is 0 Å². The van der Waals surface area contributed by atoms with Gasteiger partial charge in [0, 0.05) is 25.2 Å². The van der Waals surface area contributed by atoms with E-state index >= 15 is 0 Å². The van der Waals surface area contributed by atoms with Crippen LogP contribution in [0, 0.1) is 5.82 Å². The van der Waals surface area contributed by atoms with E-state index in [9.17, 15) is 17.6 Å². The summed E-state index contributed by atoms with van der Waals surface area (Å²) in [6.45, 7) is 3.57. The summed E-state index contributed by atoms with van der Waals surface area (Å²) in [6, 6.07) is 19.8. The number of benzene rings is 3. The molecule has 0 N–H and O–H groups in total. The maximum absolute atomic E-state index is 13.7. The number of rotatable bonds is 11. The number of nitrogens with zero attached hydrogens (tertiary/aromatic N) is 4. The van der Waals surface area contributed by atoms with E-state index in [1.165, 1.54) is 52.0 Å². The summed E-state index contributed by atoms with van der Waals surface area (Å²) in [5, 5.41) is 0.478. The quantitative estimate of drug-likeness (QED) is 0.253. The maximum atomic E-state index is 13.7. The molecule has 0 spiro atoms. The molecule has 0 bridgehead atoms. The predicted octanol–water partition coefficient (Wildman–Crippen LogP) is 5.24. The SMILES string of the molecule is CCN(Cc1ccccc1)S(=O)(=O)c1ccc(C(=O)N(CCCN(C)C)c2nc3ccc(F)cc3s2)cc1. The third-order valence-corrected chi connectivity index (χ3v) is 9.07. The molecule has 0 fully saturated rings. The van der Waals surface area contributed by atoms with Gasteiger partial charge in [-0.15, -0.1) is 0 Å². The van der Waals surface area contributed by atoms with Crippen LogP contribution in [-0.4, -0.2) is 62.2 Å². The number of aromatic nitrogens is 1. The number of carbonyl (C=O) groups is 1. The number of sulfonamides is 1. The number of hydrogen-bond acceptors (Lipinski definition) is 6. The van der Waals surface area contributed by atoms with Crippen LogP contribution in [0.4, 0.5) is 9.52 Å². The molecule has 10 heteroatoms. The van der Waals surface area contributed by atoms with Crippen LogP contribution in [0.15, 0.2) is 77.7 Å². The second-order valence-electron chi connectivity index (χ2n) is 9.16. The fourth-order valence-electron chi connectivity index (χ4n) is 4.06. The van der Waals surface area contributed by atoms with Gasteiger partial charge in [0.25, 0.3) is 5.91 Å². The van der Waals surface area contributed by atoms with Gasteiger partial charge in [0.2, 0.25) is 10.0 Å². The zero-order valence-electron chi connectivity index (χ0n) is 21.7. The lowest BCUT2D eigenvalue weighted by atomic mass is 10.2. The van der Waals surface area contributed by atoms with Gasteiger partial charge in [0.15, 0.2) is 5.13 Å². The molecule has 0 atom stereocenters. The lowest BCUT2D eigenvalue weighted by Gasteiger charge is -2.22. The van der Waals surface area contributed by atoms with Crippen molar-refractivity contribution in [3.8, 4) is 0 Å². The fraction of sp³-hybridized carbons (Fsp3) is 0.286. The van der Waals surface area contributed by atoms with Gasteiger partial charge < -0.3 is 4.90 Å². The van der Waals surface area contributed by atoms with Gasteiger partial charge in [0.1, 0.15) is 5.82 Å². The maximum Gasteiger partial charge on any atom is 0.260 e. The van der Waals surface area contributed by atoms with E-state index in [4.69, 9.17) is 0 Å². The van der Waals surface area contributed by atoms with Crippen molar-refractivity contribution in [2.45, 2.75) is 24.8 Å². The summed E-state index contributed by atoms with van der Waals surface area (Å²) >= 11 is 1.25. The van der Waals surface area contributed by atoms with E-state index in [1.54, 1.807) is 17.9 Å². The lowest BCUT2D eigenvalue weighted by Crippen LogP contribution is -2.33. The zero-order valence-corrected chi connectivity index (χ0v) is 23.3. The van der Waals surface area contributed by atoms with Crippen molar-refractivity contribution < 1.29 is 17.6 Å². The fourth-order valence-corrected chi connectivity index (χ4v) is 6.51. The van der Waals surface area contributed by atoms with Crippen LogP contribution in [0.2, 0.25) is 0 Å². The summed E-state index contributed by atoms with van der Waals surface area (Å²) in [5.41, 5.74) is 1.87. The first-order chi connectivity index (χ1) is 18.2. The summed E-state index contributed by atoms with van der Waals surface area (Å²) < 4.78 is 42.5. The minimum Gasteiger partial charge on any atom is -0.309 e. The number of halogens is 1. The summed E-state index contributed by atoms with van der Waals surface area (Å²) in [5.74, 6) is -0.646. The smallest absolute Gasteiger partial charge is 0.260 e. The van der Waals surface area contributed by atoms with Crippen LogP contribution in [0.3, 0.4) is 0 Å². The molecule has 200 valence electrons. The standard InChI is InChI=1S/C28H31FN4O3S2/c1-4-32(20-21-9-6-5-7-10-21)38(35,36)24-14-11-22(12-15-24)27(34)33(18-8-17-31(2)3)28-30-25-16-13-23(29)19-26(25)37-28/h5-7,9-16,19H,4,8,17-18,20H2,1-3H3. The van der Waals surface area contributed by atoms with Gasteiger partial charge in [0.05, 0.1) is 15.1 Å². The Morgan fingerprint density at radius 3 is 2.34 bits per heavy atom. The second-order valence-corrected chi connectivity index (χ2v) is 12.1. The zero-order chi connectivity index (χ0) is 27.3. The molecule has 1 amide bonds. The highest BCUT2D eigenvalue weighted by atomic mass is 32.2. The number of amides is 1. The molecule has 0 aliphatic heterocycles. The molecular formula is C28H31FN4O3S2. The van der Waals surface area contributed by atoms with Crippen molar-refractivity contribution in [1.82, 2.24) is 14.2 Å². The van der Waals surface area contributed by atoms with Crippen molar-refractivity contribution in [3.63, 3.8) is 0 Å². The number of hydrogen-bond donors (Lipinski definition) is 0. The van der Waals surface area contributed by atoms with E-state index in [-0.39, 0.29) is 23.2 Å². The molecule has 0 radical (unpaired) electrons. The second kappa shape index (κ2) is 12.1. The van der Waals surface area contributed by atoms with E-state index < -0.39 is 10.0 Å². The third kappa shape index (κ3) is 6.44. The molecule has 1 heterocycles. The molecule has 4 aromatic rings. The Morgan fingerprint density at radius 2 is 1.68 bits per heavy atom. The molecule has 1 aromatic heterocycles. The molecule has 0 saturated heterocycles. The average molecular weight is 555 g/mol. The summed E-state index contributed by atoms with van der Waals surface area (Å²) in [4.78, 5) is 21.9. The third-order valence-electron chi connectivity index (χ3n) is 6.10. The first-order valence-electron chi connectivity index (χ1n) is 12.4. The molecule has 0 aliphatic carbocycles. The van der Waals surface area contributed by atoms with Crippen molar-refractivity contribution in [2.75, 3.05) is 38.6 Å². The van der Waals surface area contributed by atoms with E-state index in [2.05, 4.69) is 4.98 Å². The highest BCUT2D eigenvalue weighted by Gasteiger charge is 2.25. The van der Waals surface area contributed by atoms with Gasteiger partial charge in [-0.3, -0.25) is 9.69 Å². The van der Waals surface area contributed by atoms with Crippen molar-refractivity contribution in [3.05, 3.63) is 89.7 Å². The van der Waals surface area contributed by atoms with Crippen molar-refractivity contribution >= 4 is 42.6 Å². The van der Waals surface area contributed by atoms with Crippen LogP contribution >= 0.6 is 11.3 Å². The van der Waals surface area contributed by atoms with Gasteiger partial charge in [-0.05, 0) is 75.1 Å². The molecule has 0 saturated carbocycles. The topological polar surface area (TPSA) is 73.8 Å². The minimum atomic E-state index is -3.75. The normalized spacial score (nSPS) is 11.9. The van der Waals surface area contributed by atoms with Gasteiger partial charge >= 0.3 is 0 Å². The predicted molar refractivity (Wildman–Crippen MR) is 151 cm³/mol. The highest BCUT2D eigenvalue weighted by molar-refractivity contribution is 7.89. The Labute approximate surface area is 227 Å². The highest BCUT2D eigenvalue weighted by Crippen LogP contribution is 2.31. The average Bonchev–Trinajstić information content (AvgIpc) is 3.32. The molecular weight excluding hydrogens is 523 g/mol. The summed E-state index contributed by atoms with van der Waals surface area (Å²) in [7, 11) is 0.171.